The summed E-state index contributed by atoms with van der Waals surface area (Å²) in [5, 5.41) is 6.91. The summed E-state index contributed by atoms with van der Waals surface area (Å²) in [6.07, 6.45) is 5.17. The highest BCUT2D eigenvalue weighted by molar-refractivity contribution is 7.99. The lowest BCUT2D eigenvalue weighted by molar-refractivity contribution is -0.120. The topological polar surface area (TPSA) is 59.0 Å². The van der Waals surface area contributed by atoms with Crippen molar-refractivity contribution in [2.75, 3.05) is 18.4 Å². The van der Waals surface area contributed by atoms with Gasteiger partial charge in [-0.15, -0.1) is 12.4 Å². The second-order valence-electron chi connectivity index (χ2n) is 5.58. The quantitative estimate of drug-likeness (QED) is 0.868. The number of nitrogens with one attached hydrogen (secondary N) is 2. The van der Waals surface area contributed by atoms with Gasteiger partial charge in [-0.25, -0.2) is 9.37 Å². The molecule has 0 atom stereocenters. The summed E-state index contributed by atoms with van der Waals surface area (Å²) < 4.78 is 15.5. The lowest BCUT2D eigenvalue weighted by atomic mass is 9.97. The number of hydrogen-bond donors (Lipinski definition) is 2. The number of halogens is 2. The van der Waals surface area contributed by atoms with Crippen molar-refractivity contribution < 1.29 is 9.18 Å². The lowest BCUT2D eigenvalue weighted by Gasteiger charge is -2.22. The molecule has 1 fully saturated rings. The van der Waals surface area contributed by atoms with Gasteiger partial charge < -0.3 is 15.2 Å². The maximum absolute atomic E-state index is 13.6. The summed E-state index contributed by atoms with van der Waals surface area (Å²) >= 11 is 1.40. The normalized spacial score (nSPS) is 14.9. The molecule has 1 aromatic heterocycles. The molecule has 0 aliphatic carbocycles. The molecule has 0 unspecified atom stereocenters. The van der Waals surface area contributed by atoms with Crippen LogP contribution in [0.2, 0.25) is 0 Å². The van der Waals surface area contributed by atoms with Crippen LogP contribution >= 0.6 is 24.2 Å². The van der Waals surface area contributed by atoms with Gasteiger partial charge in [0.2, 0.25) is 5.91 Å². The number of carbonyl (C=O) groups is 1. The van der Waals surface area contributed by atoms with Gasteiger partial charge in [0, 0.05) is 30.3 Å². The van der Waals surface area contributed by atoms with Crippen LogP contribution in [0.3, 0.4) is 0 Å². The summed E-state index contributed by atoms with van der Waals surface area (Å²) in [5.74, 6) is -0.431. The number of rotatable bonds is 4. The Morgan fingerprint density at radius 1 is 1.42 bits per heavy atom. The Hall–Kier alpha value is -1.57. The van der Waals surface area contributed by atoms with E-state index in [1.165, 1.54) is 23.9 Å². The van der Waals surface area contributed by atoms with E-state index in [-0.39, 0.29) is 30.0 Å². The number of aryl methyl sites for hydroxylation is 1. The van der Waals surface area contributed by atoms with Crippen molar-refractivity contribution in [3.05, 3.63) is 36.4 Å². The van der Waals surface area contributed by atoms with E-state index in [0.29, 0.717) is 5.69 Å². The third kappa shape index (κ3) is 4.49. The molecule has 2 heterocycles. The second-order valence-corrected chi connectivity index (χ2v) is 6.59. The van der Waals surface area contributed by atoms with Gasteiger partial charge in [0.1, 0.15) is 5.82 Å². The van der Waals surface area contributed by atoms with Gasteiger partial charge in [-0.2, -0.15) is 0 Å². The molecule has 8 heteroatoms. The number of aromatic nitrogens is 2. The molecule has 0 bridgehead atoms. The average Bonchev–Trinajstić information content (AvgIpc) is 2.96. The van der Waals surface area contributed by atoms with Crippen molar-refractivity contribution in [2.45, 2.75) is 22.9 Å². The van der Waals surface area contributed by atoms with E-state index in [4.69, 9.17) is 0 Å². The zero-order valence-electron chi connectivity index (χ0n) is 13.3. The van der Waals surface area contributed by atoms with Gasteiger partial charge in [0.05, 0.1) is 5.69 Å². The number of benzene rings is 1. The largest absolute Gasteiger partial charge is 0.329 e. The first kappa shape index (κ1) is 18.8. The van der Waals surface area contributed by atoms with Crippen molar-refractivity contribution in [1.82, 2.24) is 14.9 Å². The standard InChI is InChI=1S/C16H19FN4OS.ClH/c1-21-9-8-19-16(21)23-14-3-2-12(17)10-13(14)20-15(22)11-4-6-18-7-5-11;/h2-3,8-11,18H,4-7H2,1H3,(H,20,22);1H. The fraction of sp³-hybridized carbons (Fsp3) is 0.375. The van der Waals surface area contributed by atoms with Gasteiger partial charge in [-0.1, -0.05) is 0 Å². The van der Waals surface area contributed by atoms with Crippen LogP contribution < -0.4 is 10.6 Å². The van der Waals surface area contributed by atoms with Crippen molar-refractivity contribution in [3.8, 4) is 0 Å². The van der Waals surface area contributed by atoms with Crippen LogP contribution in [-0.4, -0.2) is 28.5 Å². The Kier molecular flexibility index (Phi) is 6.65. The number of anilines is 1. The highest BCUT2D eigenvalue weighted by Crippen LogP contribution is 2.33. The first-order valence-corrected chi connectivity index (χ1v) is 8.41. The fourth-order valence-corrected chi connectivity index (χ4v) is 3.43. The van der Waals surface area contributed by atoms with Crippen molar-refractivity contribution in [3.63, 3.8) is 0 Å². The molecule has 1 amide bonds. The van der Waals surface area contributed by atoms with E-state index in [2.05, 4.69) is 15.6 Å². The van der Waals surface area contributed by atoms with Crippen LogP contribution in [0, 0.1) is 11.7 Å². The zero-order chi connectivity index (χ0) is 16.2. The van der Waals surface area contributed by atoms with Gasteiger partial charge in [0.25, 0.3) is 0 Å². The SMILES string of the molecule is Cl.Cn1ccnc1Sc1ccc(F)cc1NC(=O)C1CCNCC1. The minimum absolute atomic E-state index is 0. The molecule has 0 radical (unpaired) electrons. The molecular weight excluding hydrogens is 351 g/mol. The summed E-state index contributed by atoms with van der Waals surface area (Å²) in [4.78, 5) is 17.4. The second kappa shape index (κ2) is 8.50. The van der Waals surface area contributed by atoms with Gasteiger partial charge >= 0.3 is 0 Å². The maximum atomic E-state index is 13.6. The monoisotopic (exact) mass is 370 g/mol. The van der Waals surface area contributed by atoms with Crippen LogP contribution in [0.4, 0.5) is 10.1 Å². The smallest absolute Gasteiger partial charge is 0.227 e. The number of imidazole rings is 1. The number of hydrogen-bond acceptors (Lipinski definition) is 4. The van der Waals surface area contributed by atoms with E-state index in [1.807, 2.05) is 17.8 Å². The highest BCUT2D eigenvalue weighted by Gasteiger charge is 2.22. The summed E-state index contributed by atoms with van der Waals surface area (Å²) in [5.41, 5.74) is 0.501. The molecule has 3 rings (SSSR count). The lowest BCUT2D eigenvalue weighted by Crippen LogP contribution is -2.34. The van der Waals surface area contributed by atoms with E-state index in [1.54, 1.807) is 12.3 Å². The van der Waals surface area contributed by atoms with Crippen molar-refractivity contribution in [1.29, 1.82) is 0 Å². The van der Waals surface area contributed by atoms with Gasteiger partial charge in [-0.05, 0) is 55.9 Å². The number of carbonyl (C=O) groups excluding carboxylic acids is 1. The minimum atomic E-state index is -0.366. The summed E-state index contributed by atoms with van der Waals surface area (Å²) in [7, 11) is 1.89. The van der Waals surface area contributed by atoms with E-state index >= 15 is 0 Å². The van der Waals surface area contributed by atoms with E-state index < -0.39 is 0 Å². The predicted molar refractivity (Wildman–Crippen MR) is 95.2 cm³/mol. The fourth-order valence-electron chi connectivity index (χ4n) is 2.56. The molecule has 0 saturated carbocycles. The Bertz CT molecular complexity index is 703. The van der Waals surface area contributed by atoms with Crippen LogP contribution in [0.1, 0.15) is 12.8 Å². The number of nitrogens with zero attached hydrogens (tertiary/aromatic N) is 2. The molecule has 2 N–H and O–H groups in total. The van der Waals surface area contributed by atoms with Crippen LogP contribution in [0.5, 0.6) is 0 Å². The molecule has 0 spiro atoms. The van der Waals surface area contributed by atoms with E-state index in [0.717, 1.165) is 36.0 Å². The molecule has 2 aromatic rings. The van der Waals surface area contributed by atoms with Crippen LogP contribution in [-0.2, 0) is 11.8 Å². The van der Waals surface area contributed by atoms with Crippen molar-refractivity contribution in [2.24, 2.45) is 13.0 Å². The number of piperidine rings is 1. The Morgan fingerprint density at radius 2 is 2.17 bits per heavy atom. The zero-order valence-corrected chi connectivity index (χ0v) is 14.9. The minimum Gasteiger partial charge on any atom is -0.329 e. The Morgan fingerprint density at radius 3 is 2.83 bits per heavy atom. The predicted octanol–water partition coefficient (Wildman–Crippen LogP) is 3.07. The first-order chi connectivity index (χ1) is 11.1. The molecule has 130 valence electrons. The third-order valence-electron chi connectivity index (χ3n) is 3.89. The van der Waals surface area contributed by atoms with Crippen LogP contribution in [0.25, 0.3) is 0 Å². The average molecular weight is 371 g/mol. The number of amides is 1. The molecule has 1 aliphatic rings. The highest BCUT2D eigenvalue weighted by atomic mass is 35.5. The maximum Gasteiger partial charge on any atom is 0.227 e. The molecule has 1 aromatic carbocycles. The Labute approximate surface area is 150 Å². The molecule has 5 nitrogen and oxygen atoms in total. The van der Waals surface area contributed by atoms with Crippen LogP contribution in [0.15, 0.2) is 40.6 Å². The molecule has 1 saturated heterocycles. The molecule has 24 heavy (non-hydrogen) atoms. The summed E-state index contributed by atoms with van der Waals surface area (Å²) in [6.45, 7) is 1.69. The molecule has 1 aliphatic heterocycles. The van der Waals surface area contributed by atoms with Gasteiger partial charge in [-0.3, -0.25) is 4.79 Å². The Balaban J connectivity index is 0.00000208. The summed E-state index contributed by atoms with van der Waals surface area (Å²) in [6, 6.07) is 4.43. The van der Waals surface area contributed by atoms with E-state index in [9.17, 15) is 9.18 Å². The first-order valence-electron chi connectivity index (χ1n) is 7.60. The van der Waals surface area contributed by atoms with Gasteiger partial charge in [0.15, 0.2) is 5.16 Å². The third-order valence-corrected chi connectivity index (χ3v) is 5.04. The molecular formula is C16H20ClFN4OS. The van der Waals surface area contributed by atoms with Crippen molar-refractivity contribution >= 4 is 35.8 Å².